The van der Waals surface area contributed by atoms with E-state index in [4.69, 9.17) is 5.11 Å². The number of rotatable bonds is 13. The van der Waals surface area contributed by atoms with Gasteiger partial charge in [0, 0.05) is 0 Å². The number of hydrogen-bond donors (Lipinski definition) is 3. The maximum Gasteiger partial charge on any atom is 0.313 e. The molecule has 24 heavy (non-hydrogen) atoms. The van der Waals surface area contributed by atoms with Crippen molar-refractivity contribution in [1.82, 2.24) is 0 Å². The van der Waals surface area contributed by atoms with E-state index in [-0.39, 0.29) is 23.9 Å². The molecular formula is C19H34O4S. The Labute approximate surface area is 150 Å². The molecule has 4 nitrogen and oxygen atoms in total. The molecule has 0 aromatic carbocycles. The highest BCUT2D eigenvalue weighted by atomic mass is 32.2. The van der Waals surface area contributed by atoms with E-state index in [0.717, 1.165) is 63.5 Å². The third-order valence-corrected chi connectivity index (χ3v) is 5.85. The number of allylic oxidation sites excluding steroid dienone is 1. The first-order valence-electron chi connectivity index (χ1n) is 9.38. The number of carboxylic acids is 1. The number of thioether (sulfide) groups is 1. The molecule has 5 heteroatoms. The number of unbranched alkanes of at least 4 members (excludes halogenated alkanes) is 3. The Morgan fingerprint density at radius 3 is 2.75 bits per heavy atom. The quantitative estimate of drug-likeness (QED) is 0.344. The first kappa shape index (κ1) is 21.5. The van der Waals surface area contributed by atoms with Gasteiger partial charge in [-0.3, -0.25) is 4.79 Å². The number of hydrogen-bond acceptors (Lipinski definition) is 4. The van der Waals surface area contributed by atoms with Crippen molar-refractivity contribution in [1.29, 1.82) is 0 Å². The van der Waals surface area contributed by atoms with Crippen LogP contribution in [0.2, 0.25) is 0 Å². The summed E-state index contributed by atoms with van der Waals surface area (Å²) in [5.74, 6) is 0.939. The lowest BCUT2D eigenvalue weighted by Crippen LogP contribution is -2.18. The molecule has 3 N–H and O–H groups in total. The van der Waals surface area contributed by atoms with Crippen molar-refractivity contribution < 1.29 is 20.1 Å². The molecule has 0 spiro atoms. The molecule has 0 aliphatic heterocycles. The minimum Gasteiger partial charge on any atom is -0.481 e. The highest BCUT2D eigenvalue weighted by Crippen LogP contribution is 2.36. The van der Waals surface area contributed by atoms with Gasteiger partial charge in [-0.1, -0.05) is 44.8 Å². The number of aliphatic hydroxyl groups is 2. The molecular weight excluding hydrogens is 324 g/mol. The second kappa shape index (κ2) is 12.8. The van der Waals surface area contributed by atoms with Gasteiger partial charge in [0.15, 0.2) is 0 Å². The minimum absolute atomic E-state index is 0.174. The summed E-state index contributed by atoms with van der Waals surface area (Å²) in [5.41, 5.74) is 0. The van der Waals surface area contributed by atoms with E-state index >= 15 is 0 Å². The van der Waals surface area contributed by atoms with Gasteiger partial charge in [0.05, 0.1) is 18.0 Å². The fraction of sp³-hybridized carbons (Fsp3) is 0.842. The van der Waals surface area contributed by atoms with Gasteiger partial charge < -0.3 is 15.3 Å². The molecule has 1 unspecified atom stereocenters. The molecule has 0 amide bonds. The first-order chi connectivity index (χ1) is 11.5. The van der Waals surface area contributed by atoms with Crippen molar-refractivity contribution in [2.75, 3.05) is 11.5 Å². The second-order valence-electron chi connectivity index (χ2n) is 6.86. The highest BCUT2D eigenvalue weighted by Gasteiger charge is 2.32. The van der Waals surface area contributed by atoms with Crippen LogP contribution in [-0.2, 0) is 4.79 Å². The molecule has 140 valence electrons. The molecule has 4 atom stereocenters. The van der Waals surface area contributed by atoms with Crippen LogP contribution in [0.15, 0.2) is 12.2 Å². The van der Waals surface area contributed by atoms with Crippen molar-refractivity contribution in [3.8, 4) is 0 Å². The lowest BCUT2D eigenvalue weighted by atomic mass is 9.89. The zero-order chi connectivity index (χ0) is 17.8. The fourth-order valence-corrected chi connectivity index (χ4v) is 4.16. The van der Waals surface area contributed by atoms with E-state index in [2.05, 4.69) is 13.0 Å². The van der Waals surface area contributed by atoms with Gasteiger partial charge in [-0.05, 0) is 49.7 Å². The largest absolute Gasteiger partial charge is 0.481 e. The summed E-state index contributed by atoms with van der Waals surface area (Å²) in [6, 6.07) is 0. The molecule has 1 saturated carbocycles. The van der Waals surface area contributed by atoms with Crippen LogP contribution in [0.25, 0.3) is 0 Å². The Hall–Kier alpha value is -0.520. The van der Waals surface area contributed by atoms with E-state index in [1.807, 2.05) is 6.08 Å². The molecule has 0 aromatic heterocycles. The van der Waals surface area contributed by atoms with Crippen LogP contribution in [0.3, 0.4) is 0 Å². The van der Waals surface area contributed by atoms with Gasteiger partial charge in [0.1, 0.15) is 0 Å². The summed E-state index contributed by atoms with van der Waals surface area (Å²) >= 11 is 1.46. The van der Waals surface area contributed by atoms with Crippen LogP contribution < -0.4 is 0 Å². The monoisotopic (exact) mass is 358 g/mol. The van der Waals surface area contributed by atoms with E-state index in [1.54, 1.807) is 0 Å². The van der Waals surface area contributed by atoms with E-state index in [9.17, 15) is 15.0 Å². The van der Waals surface area contributed by atoms with Crippen molar-refractivity contribution in [3.05, 3.63) is 12.2 Å². The SMILES string of the molecule is CCCCCC(O)C=C[C@H]1CC[C@H](O)[C@@H]1CCCCSCC(=O)O. The molecule has 0 radical (unpaired) electrons. The van der Waals surface area contributed by atoms with Crippen molar-refractivity contribution in [3.63, 3.8) is 0 Å². The zero-order valence-electron chi connectivity index (χ0n) is 14.9. The minimum atomic E-state index is -0.756. The normalized spacial score (nSPS) is 25.4. The van der Waals surface area contributed by atoms with Crippen LogP contribution in [0, 0.1) is 11.8 Å². The lowest BCUT2D eigenvalue weighted by molar-refractivity contribution is -0.133. The molecule has 0 saturated heterocycles. The second-order valence-corrected chi connectivity index (χ2v) is 7.97. The van der Waals surface area contributed by atoms with Crippen LogP contribution in [0.5, 0.6) is 0 Å². The average molecular weight is 359 g/mol. The Kier molecular flexibility index (Phi) is 11.5. The summed E-state index contributed by atoms with van der Waals surface area (Å²) in [4.78, 5) is 10.5. The topological polar surface area (TPSA) is 77.8 Å². The molecule has 0 aromatic rings. The predicted molar refractivity (Wildman–Crippen MR) is 100 cm³/mol. The highest BCUT2D eigenvalue weighted by molar-refractivity contribution is 7.99. The number of aliphatic carboxylic acids is 1. The van der Waals surface area contributed by atoms with E-state index in [1.165, 1.54) is 11.8 Å². The first-order valence-corrected chi connectivity index (χ1v) is 10.5. The summed E-state index contributed by atoms with van der Waals surface area (Å²) < 4.78 is 0. The van der Waals surface area contributed by atoms with Crippen molar-refractivity contribution >= 4 is 17.7 Å². The Balaban J connectivity index is 2.27. The van der Waals surface area contributed by atoms with Crippen LogP contribution in [0.1, 0.15) is 64.7 Å². The third kappa shape index (κ3) is 9.09. The molecule has 1 aliphatic carbocycles. The van der Waals surface area contributed by atoms with Gasteiger partial charge in [-0.25, -0.2) is 0 Å². The molecule has 1 rings (SSSR count). The summed E-state index contributed by atoms with van der Waals surface area (Å²) in [6.07, 6.45) is 12.5. The summed E-state index contributed by atoms with van der Waals surface area (Å²) in [5, 5.41) is 28.8. The third-order valence-electron chi connectivity index (χ3n) is 4.83. The van der Waals surface area contributed by atoms with Gasteiger partial charge in [0.25, 0.3) is 0 Å². The van der Waals surface area contributed by atoms with Crippen molar-refractivity contribution in [2.45, 2.75) is 76.9 Å². The molecule has 1 aliphatic rings. The maximum absolute atomic E-state index is 10.5. The standard InChI is InChI=1S/C19H34O4S/c1-2-3-4-7-16(20)11-9-15-10-12-18(21)17(15)8-5-6-13-24-14-19(22)23/h9,11,15-18,20-21H,2-8,10,12-14H2,1H3,(H,22,23)/t15-,16?,17+,18-/m0/s1. The van der Waals surface area contributed by atoms with E-state index < -0.39 is 5.97 Å². The van der Waals surface area contributed by atoms with Crippen LogP contribution >= 0.6 is 11.8 Å². The van der Waals surface area contributed by atoms with Gasteiger partial charge in [-0.2, -0.15) is 11.8 Å². The lowest BCUT2D eigenvalue weighted by Gasteiger charge is -2.20. The molecule has 0 heterocycles. The number of carbonyl (C=O) groups is 1. The zero-order valence-corrected chi connectivity index (χ0v) is 15.7. The maximum atomic E-state index is 10.5. The summed E-state index contributed by atoms with van der Waals surface area (Å²) in [7, 11) is 0. The Bertz CT molecular complexity index is 372. The van der Waals surface area contributed by atoms with Crippen LogP contribution in [-0.4, -0.2) is 45.0 Å². The van der Waals surface area contributed by atoms with Gasteiger partial charge in [0.2, 0.25) is 0 Å². The Morgan fingerprint density at radius 1 is 1.25 bits per heavy atom. The summed E-state index contributed by atoms with van der Waals surface area (Å²) in [6.45, 7) is 2.16. The smallest absolute Gasteiger partial charge is 0.313 e. The number of aliphatic hydroxyl groups excluding tert-OH is 2. The number of carboxylic acid groups (broad SMARTS) is 1. The molecule has 1 fully saturated rings. The predicted octanol–water partition coefficient (Wildman–Crippen LogP) is 3.86. The van der Waals surface area contributed by atoms with Crippen molar-refractivity contribution in [2.24, 2.45) is 11.8 Å². The van der Waals surface area contributed by atoms with Gasteiger partial charge in [-0.15, -0.1) is 0 Å². The van der Waals surface area contributed by atoms with Gasteiger partial charge >= 0.3 is 5.97 Å². The van der Waals surface area contributed by atoms with E-state index in [0.29, 0.717) is 5.92 Å². The average Bonchev–Trinajstić information content (AvgIpc) is 2.89. The van der Waals surface area contributed by atoms with Crippen LogP contribution in [0.4, 0.5) is 0 Å². The molecule has 0 bridgehead atoms. The fourth-order valence-electron chi connectivity index (χ4n) is 3.44. The Morgan fingerprint density at radius 2 is 2.04 bits per heavy atom.